The molecule has 0 aliphatic carbocycles. The van der Waals surface area contributed by atoms with Crippen LogP contribution in [0.4, 0.5) is 0 Å². The number of quaternary nitrogens is 1. The number of alkyl halides is 1. The number of ether oxygens (including phenoxy) is 1. The zero-order valence-corrected chi connectivity index (χ0v) is 12.1. The van der Waals surface area contributed by atoms with Crippen LogP contribution in [-0.2, 0) is 9.53 Å². The third-order valence-corrected chi connectivity index (χ3v) is 3.45. The van der Waals surface area contributed by atoms with Crippen LogP contribution in [0.15, 0.2) is 0 Å². The SMILES string of the molecule is CC[N+](CC)(CC)CC(CCl)OC(C)=O.[Cl-]. The van der Waals surface area contributed by atoms with Gasteiger partial charge in [-0.15, -0.1) is 11.6 Å². The van der Waals surface area contributed by atoms with Crippen LogP contribution in [0.3, 0.4) is 0 Å². The molecule has 0 bridgehead atoms. The maximum atomic E-state index is 10.9. The summed E-state index contributed by atoms with van der Waals surface area (Å²) in [5.41, 5.74) is 0. The monoisotopic (exact) mass is 271 g/mol. The fraction of sp³-hybridized carbons (Fsp3) is 0.909. The van der Waals surface area contributed by atoms with E-state index in [1.165, 1.54) is 6.92 Å². The summed E-state index contributed by atoms with van der Waals surface area (Å²) in [4.78, 5) is 10.9. The second kappa shape index (κ2) is 9.08. The van der Waals surface area contributed by atoms with Crippen LogP contribution in [0.5, 0.6) is 0 Å². The molecule has 98 valence electrons. The van der Waals surface area contributed by atoms with Crippen molar-refractivity contribution in [1.82, 2.24) is 0 Å². The van der Waals surface area contributed by atoms with Crippen molar-refractivity contribution in [1.29, 1.82) is 0 Å². The molecule has 0 fully saturated rings. The van der Waals surface area contributed by atoms with Crippen LogP contribution in [0.25, 0.3) is 0 Å². The first-order valence-electron chi connectivity index (χ1n) is 5.61. The normalized spacial score (nSPS) is 12.8. The number of halogens is 2. The van der Waals surface area contributed by atoms with E-state index in [9.17, 15) is 4.79 Å². The smallest absolute Gasteiger partial charge is 0.303 e. The Morgan fingerprint density at radius 2 is 1.69 bits per heavy atom. The summed E-state index contributed by atoms with van der Waals surface area (Å²) in [6.07, 6.45) is -0.163. The summed E-state index contributed by atoms with van der Waals surface area (Å²) in [5, 5.41) is 0. The average Bonchev–Trinajstić information content (AvgIpc) is 2.24. The fourth-order valence-corrected chi connectivity index (χ4v) is 2.00. The lowest BCUT2D eigenvalue weighted by Crippen LogP contribution is -3.00. The molecule has 0 aromatic carbocycles. The van der Waals surface area contributed by atoms with Crippen molar-refractivity contribution in [3.8, 4) is 0 Å². The summed E-state index contributed by atoms with van der Waals surface area (Å²) < 4.78 is 6.12. The molecule has 5 heteroatoms. The maximum absolute atomic E-state index is 10.9. The minimum absolute atomic E-state index is 0. The minimum atomic E-state index is -0.248. The molecule has 0 spiro atoms. The fourth-order valence-electron chi connectivity index (χ4n) is 1.84. The van der Waals surface area contributed by atoms with E-state index >= 15 is 0 Å². The van der Waals surface area contributed by atoms with E-state index in [-0.39, 0.29) is 24.5 Å². The standard InChI is InChI=1S/C11H23ClNO2.ClH/c1-5-13(6-2,7-3)9-11(8-12)15-10(4)14;/h11H,5-9H2,1-4H3;1H/q+1;/p-1. The van der Waals surface area contributed by atoms with Gasteiger partial charge >= 0.3 is 5.97 Å². The Hall–Kier alpha value is 0.01000. The number of carbonyl (C=O) groups is 1. The van der Waals surface area contributed by atoms with E-state index in [4.69, 9.17) is 16.3 Å². The van der Waals surface area contributed by atoms with Crippen LogP contribution < -0.4 is 12.4 Å². The van der Waals surface area contributed by atoms with Gasteiger partial charge in [-0.2, -0.15) is 0 Å². The number of hydrogen-bond acceptors (Lipinski definition) is 2. The third-order valence-electron chi connectivity index (χ3n) is 3.11. The molecule has 0 aromatic rings. The van der Waals surface area contributed by atoms with Gasteiger partial charge in [0.1, 0.15) is 6.54 Å². The van der Waals surface area contributed by atoms with E-state index in [0.29, 0.717) is 5.88 Å². The van der Waals surface area contributed by atoms with Gasteiger partial charge in [0.05, 0.1) is 25.5 Å². The summed E-state index contributed by atoms with van der Waals surface area (Å²) in [5.74, 6) is 0.126. The van der Waals surface area contributed by atoms with Crippen LogP contribution >= 0.6 is 11.6 Å². The van der Waals surface area contributed by atoms with Crippen molar-refractivity contribution in [2.45, 2.75) is 33.8 Å². The highest BCUT2D eigenvalue weighted by atomic mass is 35.5. The Labute approximate surface area is 110 Å². The third kappa shape index (κ3) is 5.92. The Morgan fingerprint density at radius 3 is 1.94 bits per heavy atom. The highest BCUT2D eigenvalue weighted by Crippen LogP contribution is 2.10. The molecule has 0 aliphatic rings. The molecule has 0 aliphatic heterocycles. The summed E-state index contributed by atoms with van der Waals surface area (Å²) in [6, 6.07) is 0. The molecule has 1 atom stereocenters. The predicted molar refractivity (Wildman–Crippen MR) is 63.0 cm³/mol. The quantitative estimate of drug-likeness (QED) is 0.339. The van der Waals surface area contributed by atoms with E-state index in [1.54, 1.807) is 0 Å². The zero-order chi connectivity index (χ0) is 11.9. The van der Waals surface area contributed by atoms with Crippen LogP contribution in [0.1, 0.15) is 27.7 Å². The second-order valence-corrected chi connectivity index (χ2v) is 4.17. The van der Waals surface area contributed by atoms with Crippen LogP contribution in [-0.4, -0.2) is 48.6 Å². The number of esters is 1. The topological polar surface area (TPSA) is 26.3 Å². The van der Waals surface area contributed by atoms with E-state index < -0.39 is 0 Å². The summed E-state index contributed by atoms with van der Waals surface area (Å²) in [6.45, 7) is 11.8. The van der Waals surface area contributed by atoms with Gasteiger partial charge in [-0.25, -0.2) is 0 Å². The van der Waals surface area contributed by atoms with Crippen LogP contribution in [0, 0.1) is 0 Å². The molecule has 0 radical (unpaired) electrons. The first-order valence-corrected chi connectivity index (χ1v) is 6.15. The molecule has 1 unspecified atom stereocenters. The Balaban J connectivity index is 0. The van der Waals surface area contributed by atoms with Gasteiger partial charge in [-0.1, -0.05) is 0 Å². The average molecular weight is 272 g/mol. The summed E-state index contributed by atoms with van der Waals surface area (Å²) >= 11 is 5.80. The van der Waals surface area contributed by atoms with Gasteiger partial charge < -0.3 is 21.6 Å². The van der Waals surface area contributed by atoms with Crippen molar-refractivity contribution in [2.24, 2.45) is 0 Å². The van der Waals surface area contributed by atoms with Crippen molar-refractivity contribution in [3.05, 3.63) is 0 Å². The Kier molecular flexibility index (Phi) is 10.4. The molecule has 16 heavy (non-hydrogen) atoms. The molecule has 0 N–H and O–H groups in total. The molecule has 0 amide bonds. The van der Waals surface area contributed by atoms with E-state index in [2.05, 4.69) is 20.8 Å². The zero-order valence-electron chi connectivity index (χ0n) is 10.6. The minimum Gasteiger partial charge on any atom is -1.00 e. The second-order valence-electron chi connectivity index (χ2n) is 3.86. The molecular formula is C11H23Cl2NO2. The molecule has 0 rings (SSSR count). The Morgan fingerprint density at radius 1 is 1.25 bits per heavy atom. The number of likely N-dealkylation sites (N-methyl/N-ethyl adjacent to an activating group) is 1. The van der Waals surface area contributed by atoms with Gasteiger partial charge in [-0.3, -0.25) is 4.79 Å². The van der Waals surface area contributed by atoms with E-state index in [1.807, 2.05) is 0 Å². The highest BCUT2D eigenvalue weighted by molar-refractivity contribution is 6.18. The number of rotatable bonds is 7. The maximum Gasteiger partial charge on any atom is 0.303 e. The highest BCUT2D eigenvalue weighted by Gasteiger charge is 2.27. The molecule has 0 heterocycles. The van der Waals surface area contributed by atoms with Crippen LogP contribution in [0.2, 0.25) is 0 Å². The lowest BCUT2D eigenvalue weighted by Gasteiger charge is -2.37. The predicted octanol–water partition coefficient (Wildman–Crippen LogP) is -0.963. The largest absolute Gasteiger partial charge is 1.00 e. The molecular weight excluding hydrogens is 249 g/mol. The van der Waals surface area contributed by atoms with Crippen molar-refractivity contribution in [2.75, 3.05) is 32.1 Å². The van der Waals surface area contributed by atoms with E-state index in [0.717, 1.165) is 30.7 Å². The van der Waals surface area contributed by atoms with Gasteiger partial charge in [0.2, 0.25) is 0 Å². The molecule has 0 aromatic heterocycles. The van der Waals surface area contributed by atoms with Crippen molar-refractivity contribution in [3.63, 3.8) is 0 Å². The lowest BCUT2D eigenvalue weighted by atomic mass is 10.2. The number of nitrogens with zero attached hydrogens (tertiary/aromatic N) is 1. The molecule has 0 saturated carbocycles. The molecule has 0 saturated heterocycles. The van der Waals surface area contributed by atoms with Gasteiger partial charge in [0.25, 0.3) is 0 Å². The summed E-state index contributed by atoms with van der Waals surface area (Å²) in [7, 11) is 0. The van der Waals surface area contributed by atoms with Crippen molar-refractivity contribution >= 4 is 17.6 Å². The van der Waals surface area contributed by atoms with Gasteiger partial charge in [-0.05, 0) is 20.8 Å². The van der Waals surface area contributed by atoms with Gasteiger partial charge in [0.15, 0.2) is 6.10 Å². The Bertz CT molecular complexity index is 188. The first-order chi connectivity index (χ1) is 7.03. The lowest BCUT2D eigenvalue weighted by molar-refractivity contribution is -0.925. The number of hydrogen-bond donors (Lipinski definition) is 0. The van der Waals surface area contributed by atoms with Gasteiger partial charge in [0, 0.05) is 6.92 Å². The number of carbonyl (C=O) groups excluding carboxylic acids is 1. The first kappa shape index (κ1) is 18.4. The van der Waals surface area contributed by atoms with Crippen molar-refractivity contribution < 1.29 is 26.4 Å². The molecule has 3 nitrogen and oxygen atoms in total.